The normalized spacial score (nSPS) is 15.1. The first-order valence-corrected chi connectivity index (χ1v) is 14.1. The average Bonchev–Trinajstić information content (AvgIpc) is 3.21. The van der Waals surface area contributed by atoms with Gasteiger partial charge in [-0.2, -0.15) is 0 Å². The Balaban J connectivity index is 1.83. The van der Waals surface area contributed by atoms with Crippen molar-refractivity contribution in [3.8, 4) is 5.75 Å². The third-order valence-corrected chi connectivity index (χ3v) is 7.53. The smallest absolute Gasteiger partial charge is 0.344 e. The van der Waals surface area contributed by atoms with Crippen molar-refractivity contribution in [1.82, 2.24) is 4.57 Å². The van der Waals surface area contributed by atoms with Crippen molar-refractivity contribution < 1.29 is 23.8 Å². The van der Waals surface area contributed by atoms with Crippen LogP contribution in [0, 0.1) is 0 Å². The zero-order valence-electron chi connectivity index (χ0n) is 21.6. The molecule has 0 aliphatic carbocycles. The maximum absolute atomic E-state index is 13.8. The Bertz CT molecular complexity index is 1550. The largest absolute Gasteiger partial charge is 0.481 e. The molecular weight excluding hydrogens is 524 g/mol. The second-order valence-electron chi connectivity index (χ2n) is 8.21. The summed E-state index contributed by atoms with van der Waals surface area (Å²) in [5.41, 5.74) is 1.96. The molecule has 0 amide bonds. The first kappa shape index (κ1) is 27.4. The molecule has 1 atom stereocenters. The predicted molar refractivity (Wildman–Crippen MR) is 147 cm³/mol. The number of carbonyl (C=O) groups excluding carboxylic acids is 2. The van der Waals surface area contributed by atoms with Crippen LogP contribution in [0.25, 0.3) is 6.08 Å². The SMILES string of the molecule is CCOC(=O)COc1ccccc1/C=c1\sc2n(c1=O)[C@@H](c1ccc(SC)cc1)C(C(=O)OCC)=C(C)N=2. The van der Waals surface area contributed by atoms with Gasteiger partial charge in [0.05, 0.1) is 35.1 Å². The number of nitrogens with zero attached hydrogens (tertiary/aromatic N) is 2. The van der Waals surface area contributed by atoms with Gasteiger partial charge < -0.3 is 14.2 Å². The number of para-hydroxylation sites is 1. The van der Waals surface area contributed by atoms with Crippen molar-refractivity contribution in [2.75, 3.05) is 26.1 Å². The summed E-state index contributed by atoms with van der Waals surface area (Å²) in [6.07, 6.45) is 3.70. The number of fused-ring (bicyclic) bond motifs is 1. The Labute approximate surface area is 228 Å². The Kier molecular flexibility index (Phi) is 8.85. The predicted octanol–water partition coefficient (Wildman–Crippen LogP) is 3.46. The van der Waals surface area contributed by atoms with Gasteiger partial charge in [0, 0.05) is 10.5 Å². The number of ether oxygens (including phenoxy) is 3. The molecule has 0 radical (unpaired) electrons. The van der Waals surface area contributed by atoms with Crippen LogP contribution in [0.5, 0.6) is 5.75 Å². The second kappa shape index (κ2) is 12.3. The van der Waals surface area contributed by atoms with Gasteiger partial charge in [-0.1, -0.05) is 41.7 Å². The lowest BCUT2D eigenvalue weighted by Crippen LogP contribution is -2.39. The number of aromatic nitrogens is 1. The molecule has 1 aliphatic rings. The fourth-order valence-electron chi connectivity index (χ4n) is 4.10. The van der Waals surface area contributed by atoms with Crippen LogP contribution < -0.4 is 19.6 Å². The molecule has 0 spiro atoms. The molecule has 2 heterocycles. The number of rotatable bonds is 9. The lowest BCUT2D eigenvalue weighted by atomic mass is 9.96. The quantitative estimate of drug-likeness (QED) is 0.296. The van der Waals surface area contributed by atoms with E-state index in [1.165, 1.54) is 11.3 Å². The lowest BCUT2D eigenvalue weighted by Gasteiger charge is -2.24. The fraction of sp³-hybridized carbons (Fsp3) is 0.286. The highest BCUT2D eigenvalue weighted by Crippen LogP contribution is 2.31. The molecule has 198 valence electrons. The van der Waals surface area contributed by atoms with E-state index in [1.54, 1.807) is 61.4 Å². The standard InChI is InChI=1S/C28H28N2O6S2/c1-5-34-23(31)16-36-21-10-8-7-9-19(21)15-22-26(32)30-25(18-11-13-20(37-4)14-12-18)24(27(33)35-6-2)17(3)29-28(30)38-22/h7-15,25H,5-6,16H2,1-4H3/b22-15-/t25-/m0/s1. The van der Waals surface area contributed by atoms with Gasteiger partial charge in [-0.3, -0.25) is 9.36 Å². The monoisotopic (exact) mass is 552 g/mol. The number of carbonyl (C=O) groups is 2. The zero-order chi connectivity index (χ0) is 27.2. The van der Waals surface area contributed by atoms with Crippen LogP contribution in [-0.2, 0) is 19.1 Å². The molecule has 2 aromatic carbocycles. The number of thioether (sulfide) groups is 1. The Morgan fingerprint density at radius 3 is 2.47 bits per heavy atom. The third-order valence-electron chi connectivity index (χ3n) is 5.81. The molecule has 0 saturated carbocycles. The van der Waals surface area contributed by atoms with Crippen LogP contribution in [0.1, 0.15) is 37.9 Å². The van der Waals surface area contributed by atoms with Crippen molar-refractivity contribution in [3.63, 3.8) is 0 Å². The maximum atomic E-state index is 13.8. The van der Waals surface area contributed by atoms with Crippen molar-refractivity contribution in [2.24, 2.45) is 4.99 Å². The molecule has 1 aromatic heterocycles. The van der Waals surface area contributed by atoms with E-state index < -0.39 is 18.0 Å². The van der Waals surface area contributed by atoms with Crippen molar-refractivity contribution >= 4 is 41.1 Å². The van der Waals surface area contributed by atoms with E-state index in [0.29, 0.717) is 31.9 Å². The van der Waals surface area contributed by atoms with Gasteiger partial charge in [-0.25, -0.2) is 14.6 Å². The molecule has 0 bridgehead atoms. The molecule has 0 saturated heterocycles. The summed E-state index contributed by atoms with van der Waals surface area (Å²) in [6, 6.07) is 14.2. The van der Waals surface area contributed by atoms with E-state index in [4.69, 9.17) is 14.2 Å². The molecule has 3 aromatic rings. The van der Waals surface area contributed by atoms with Gasteiger partial charge in [0.15, 0.2) is 11.4 Å². The summed E-state index contributed by atoms with van der Waals surface area (Å²) in [5, 5.41) is 0. The summed E-state index contributed by atoms with van der Waals surface area (Å²) in [6.45, 7) is 5.46. The van der Waals surface area contributed by atoms with Gasteiger partial charge in [-0.15, -0.1) is 11.8 Å². The van der Waals surface area contributed by atoms with Crippen molar-refractivity contribution in [1.29, 1.82) is 0 Å². The van der Waals surface area contributed by atoms with Crippen LogP contribution in [0.2, 0.25) is 0 Å². The topological polar surface area (TPSA) is 96.2 Å². The number of hydrogen-bond donors (Lipinski definition) is 0. The second-order valence-corrected chi connectivity index (χ2v) is 10.1. The highest BCUT2D eigenvalue weighted by molar-refractivity contribution is 7.98. The van der Waals surface area contributed by atoms with Crippen LogP contribution in [0.4, 0.5) is 0 Å². The van der Waals surface area contributed by atoms with Crippen LogP contribution in [0.3, 0.4) is 0 Å². The molecule has 0 fully saturated rings. The Hall–Kier alpha value is -3.63. The van der Waals surface area contributed by atoms with Gasteiger partial charge in [0.1, 0.15) is 5.75 Å². The minimum absolute atomic E-state index is 0.209. The van der Waals surface area contributed by atoms with E-state index in [2.05, 4.69) is 4.99 Å². The Morgan fingerprint density at radius 2 is 1.79 bits per heavy atom. The van der Waals surface area contributed by atoms with Gasteiger partial charge in [-0.05, 0) is 56.9 Å². The van der Waals surface area contributed by atoms with Gasteiger partial charge in [0.2, 0.25) is 0 Å². The van der Waals surface area contributed by atoms with E-state index in [1.807, 2.05) is 36.6 Å². The summed E-state index contributed by atoms with van der Waals surface area (Å²) in [7, 11) is 0. The highest BCUT2D eigenvalue weighted by Gasteiger charge is 2.33. The van der Waals surface area contributed by atoms with E-state index >= 15 is 0 Å². The minimum atomic E-state index is -0.682. The number of esters is 2. The molecule has 8 nitrogen and oxygen atoms in total. The summed E-state index contributed by atoms with van der Waals surface area (Å²) in [5.74, 6) is -0.533. The van der Waals surface area contributed by atoms with Crippen molar-refractivity contribution in [3.05, 3.63) is 90.6 Å². The zero-order valence-corrected chi connectivity index (χ0v) is 23.2. The van der Waals surface area contributed by atoms with E-state index in [0.717, 1.165) is 10.5 Å². The number of hydrogen-bond acceptors (Lipinski definition) is 9. The molecule has 10 heteroatoms. The first-order valence-electron chi connectivity index (χ1n) is 12.1. The van der Waals surface area contributed by atoms with E-state index in [9.17, 15) is 14.4 Å². The highest BCUT2D eigenvalue weighted by atomic mass is 32.2. The number of allylic oxidation sites excluding steroid dienone is 1. The molecule has 38 heavy (non-hydrogen) atoms. The minimum Gasteiger partial charge on any atom is -0.481 e. The number of benzene rings is 2. The Morgan fingerprint density at radius 1 is 1.08 bits per heavy atom. The summed E-state index contributed by atoms with van der Waals surface area (Å²) in [4.78, 5) is 44.8. The first-order chi connectivity index (χ1) is 18.4. The fourth-order valence-corrected chi connectivity index (χ4v) is 5.55. The molecular formula is C28H28N2O6S2. The van der Waals surface area contributed by atoms with Gasteiger partial charge >= 0.3 is 11.9 Å². The van der Waals surface area contributed by atoms with Crippen LogP contribution in [-0.4, -0.2) is 42.6 Å². The van der Waals surface area contributed by atoms with Crippen LogP contribution in [0.15, 0.2) is 74.5 Å². The average molecular weight is 553 g/mol. The third kappa shape index (κ3) is 5.76. The molecule has 4 rings (SSSR count). The molecule has 1 aliphatic heterocycles. The van der Waals surface area contributed by atoms with E-state index in [-0.39, 0.29) is 25.4 Å². The maximum Gasteiger partial charge on any atom is 0.344 e. The summed E-state index contributed by atoms with van der Waals surface area (Å²) >= 11 is 2.83. The van der Waals surface area contributed by atoms with Crippen LogP contribution >= 0.6 is 23.1 Å². The molecule has 0 unspecified atom stereocenters. The van der Waals surface area contributed by atoms with Gasteiger partial charge in [0.25, 0.3) is 5.56 Å². The lowest BCUT2D eigenvalue weighted by molar-refractivity contribution is -0.145. The number of thiazole rings is 1. The molecule has 0 N–H and O–H groups in total. The summed E-state index contributed by atoms with van der Waals surface area (Å²) < 4.78 is 17.9. The van der Waals surface area contributed by atoms with Crippen molar-refractivity contribution in [2.45, 2.75) is 31.7 Å².